The van der Waals surface area contributed by atoms with Gasteiger partial charge in [0.2, 0.25) is 11.9 Å². The van der Waals surface area contributed by atoms with Gasteiger partial charge in [-0.2, -0.15) is 0 Å². The van der Waals surface area contributed by atoms with Crippen LogP contribution in [-0.2, 0) is 11.3 Å². The number of hydrogen-bond donors (Lipinski definition) is 1. The van der Waals surface area contributed by atoms with E-state index in [2.05, 4.69) is 15.3 Å². The number of aromatic nitrogens is 2. The van der Waals surface area contributed by atoms with E-state index in [1.807, 2.05) is 36.1 Å². The number of nitrogens with one attached hydrogen (secondary N) is 1. The molecule has 2 amide bonds. The van der Waals surface area contributed by atoms with Gasteiger partial charge in [0.15, 0.2) is 0 Å². The Hall–Kier alpha value is -2.96. The standard InChI is InChI=1S/C19H23N5O2/c1-14-5-3-4-6-16(14)13-21-18(26)17-7-8-20-19(22-17)24-11-9-23(10-12-24)15(2)25/h3-8H,9-13H2,1-2H3,(H,21,26). The molecule has 1 aliphatic heterocycles. The van der Waals surface area contributed by atoms with E-state index >= 15 is 0 Å². The van der Waals surface area contributed by atoms with Crippen molar-refractivity contribution in [2.75, 3.05) is 31.1 Å². The Kier molecular flexibility index (Phi) is 5.46. The third kappa shape index (κ3) is 4.17. The number of carbonyl (C=O) groups excluding carboxylic acids is 2. The van der Waals surface area contributed by atoms with Gasteiger partial charge in [-0.1, -0.05) is 24.3 Å². The van der Waals surface area contributed by atoms with Crippen molar-refractivity contribution in [2.24, 2.45) is 0 Å². The van der Waals surface area contributed by atoms with E-state index in [1.165, 1.54) is 0 Å². The van der Waals surface area contributed by atoms with Crippen molar-refractivity contribution in [3.63, 3.8) is 0 Å². The first-order valence-corrected chi connectivity index (χ1v) is 8.71. The zero-order valence-electron chi connectivity index (χ0n) is 15.1. The molecular weight excluding hydrogens is 330 g/mol. The molecule has 2 aromatic rings. The number of hydrogen-bond acceptors (Lipinski definition) is 5. The Bertz CT molecular complexity index is 800. The normalized spacial score (nSPS) is 14.2. The van der Waals surface area contributed by atoms with Gasteiger partial charge in [0.25, 0.3) is 5.91 Å². The minimum absolute atomic E-state index is 0.0786. The lowest BCUT2D eigenvalue weighted by Gasteiger charge is -2.34. The molecule has 1 aromatic carbocycles. The van der Waals surface area contributed by atoms with Gasteiger partial charge in [-0.25, -0.2) is 9.97 Å². The first-order chi connectivity index (χ1) is 12.5. The monoisotopic (exact) mass is 353 g/mol. The third-order valence-corrected chi connectivity index (χ3v) is 4.58. The summed E-state index contributed by atoms with van der Waals surface area (Å²) in [6.07, 6.45) is 1.60. The molecule has 26 heavy (non-hydrogen) atoms. The Morgan fingerprint density at radius 2 is 1.85 bits per heavy atom. The fourth-order valence-corrected chi connectivity index (χ4v) is 2.92. The molecule has 1 saturated heterocycles. The molecular formula is C19H23N5O2. The lowest BCUT2D eigenvalue weighted by atomic mass is 10.1. The van der Waals surface area contributed by atoms with E-state index in [4.69, 9.17) is 0 Å². The highest BCUT2D eigenvalue weighted by atomic mass is 16.2. The van der Waals surface area contributed by atoms with Crippen molar-refractivity contribution in [1.29, 1.82) is 0 Å². The van der Waals surface area contributed by atoms with Crippen LogP contribution in [-0.4, -0.2) is 52.9 Å². The first kappa shape index (κ1) is 17.8. The van der Waals surface area contributed by atoms with Crippen molar-refractivity contribution >= 4 is 17.8 Å². The summed E-state index contributed by atoms with van der Waals surface area (Å²) in [5.74, 6) is 0.380. The van der Waals surface area contributed by atoms with Crippen LogP contribution in [0.3, 0.4) is 0 Å². The Morgan fingerprint density at radius 1 is 1.12 bits per heavy atom. The van der Waals surface area contributed by atoms with E-state index in [0.29, 0.717) is 44.4 Å². The average Bonchev–Trinajstić information content (AvgIpc) is 2.67. The summed E-state index contributed by atoms with van der Waals surface area (Å²) in [6, 6.07) is 9.56. The summed E-state index contributed by atoms with van der Waals surface area (Å²) in [5, 5.41) is 2.91. The van der Waals surface area contributed by atoms with E-state index < -0.39 is 0 Å². The van der Waals surface area contributed by atoms with Crippen LogP contribution in [0.1, 0.15) is 28.5 Å². The topological polar surface area (TPSA) is 78.4 Å². The molecule has 1 aliphatic rings. The van der Waals surface area contributed by atoms with Gasteiger partial charge in [-0.15, -0.1) is 0 Å². The van der Waals surface area contributed by atoms with E-state index in [1.54, 1.807) is 24.1 Å². The van der Waals surface area contributed by atoms with Crippen molar-refractivity contribution in [2.45, 2.75) is 20.4 Å². The van der Waals surface area contributed by atoms with Crippen molar-refractivity contribution < 1.29 is 9.59 Å². The molecule has 0 spiro atoms. The summed E-state index contributed by atoms with van der Waals surface area (Å²) in [7, 11) is 0. The molecule has 2 heterocycles. The molecule has 7 heteroatoms. The largest absolute Gasteiger partial charge is 0.347 e. The van der Waals surface area contributed by atoms with Gasteiger partial charge in [0.1, 0.15) is 5.69 Å². The molecule has 0 atom stereocenters. The first-order valence-electron chi connectivity index (χ1n) is 8.71. The number of amides is 2. The Labute approximate surface area is 153 Å². The van der Waals surface area contributed by atoms with Gasteiger partial charge in [-0.05, 0) is 24.1 Å². The van der Waals surface area contributed by atoms with Crippen molar-refractivity contribution in [3.8, 4) is 0 Å². The van der Waals surface area contributed by atoms with Crippen LogP contribution in [0.2, 0.25) is 0 Å². The number of nitrogens with zero attached hydrogens (tertiary/aromatic N) is 4. The average molecular weight is 353 g/mol. The summed E-state index contributed by atoms with van der Waals surface area (Å²) in [6.45, 7) is 6.66. The van der Waals surface area contributed by atoms with Crippen LogP contribution in [0.5, 0.6) is 0 Å². The molecule has 0 saturated carbocycles. The number of piperazine rings is 1. The second-order valence-electron chi connectivity index (χ2n) is 6.34. The van der Waals surface area contributed by atoms with E-state index in [0.717, 1.165) is 11.1 Å². The number of benzene rings is 1. The fraction of sp³-hybridized carbons (Fsp3) is 0.368. The molecule has 136 valence electrons. The highest BCUT2D eigenvalue weighted by Gasteiger charge is 2.21. The number of anilines is 1. The quantitative estimate of drug-likeness (QED) is 0.898. The van der Waals surface area contributed by atoms with Crippen molar-refractivity contribution in [1.82, 2.24) is 20.2 Å². The predicted molar refractivity (Wildman–Crippen MR) is 98.8 cm³/mol. The molecule has 0 radical (unpaired) electrons. The molecule has 1 aromatic heterocycles. The maximum absolute atomic E-state index is 12.4. The van der Waals surface area contributed by atoms with Gasteiger partial charge in [-0.3, -0.25) is 9.59 Å². The molecule has 1 N–H and O–H groups in total. The third-order valence-electron chi connectivity index (χ3n) is 4.58. The van der Waals surface area contributed by atoms with Crippen molar-refractivity contribution in [3.05, 3.63) is 53.3 Å². The second-order valence-corrected chi connectivity index (χ2v) is 6.34. The van der Waals surface area contributed by atoms with Gasteiger partial charge in [0, 0.05) is 45.8 Å². The second kappa shape index (κ2) is 7.95. The van der Waals surface area contributed by atoms with E-state index in [-0.39, 0.29) is 11.8 Å². The summed E-state index contributed by atoms with van der Waals surface area (Å²) >= 11 is 0. The summed E-state index contributed by atoms with van der Waals surface area (Å²) < 4.78 is 0. The molecule has 0 bridgehead atoms. The molecule has 1 fully saturated rings. The van der Waals surface area contributed by atoms with Gasteiger partial charge >= 0.3 is 0 Å². The van der Waals surface area contributed by atoms with Crippen LogP contribution in [0.25, 0.3) is 0 Å². The van der Waals surface area contributed by atoms with Crippen LogP contribution in [0, 0.1) is 6.92 Å². The molecule has 7 nitrogen and oxygen atoms in total. The molecule has 0 aliphatic carbocycles. The van der Waals surface area contributed by atoms with Gasteiger partial charge < -0.3 is 15.1 Å². The smallest absolute Gasteiger partial charge is 0.270 e. The Morgan fingerprint density at radius 3 is 2.54 bits per heavy atom. The molecule has 3 rings (SSSR count). The highest BCUT2D eigenvalue weighted by Crippen LogP contribution is 2.12. The Balaban J connectivity index is 1.63. The molecule has 0 unspecified atom stereocenters. The number of aryl methyl sites for hydroxylation is 1. The summed E-state index contributed by atoms with van der Waals surface area (Å²) in [4.78, 5) is 36.3. The van der Waals surface area contributed by atoms with Crippen LogP contribution < -0.4 is 10.2 Å². The number of carbonyl (C=O) groups is 2. The minimum Gasteiger partial charge on any atom is -0.347 e. The van der Waals surface area contributed by atoms with E-state index in [9.17, 15) is 9.59 Å². The van der Waals surface area contributed by atoms with Crippen LogP contribution in [0.4, 0.5) is 5.95 Å². The number of rotatable bonds is 4. The summed E-state index contributed by atoms with van der Waals surface area (Å²) in [5.41, 5.74) is 2.56. The fourth-order valence-electron chi connectivity index (χ4n) is 2.92. The lowest BCUT2D eigenvalue weighted by molar-refractivity contribution is -0.129. The minimum atomic E-state index is -0.223. The SMILES string of the molecule is CC(=O)N1CCN(c2nccc(C(=O)NCc3ccccc3C)n2)CC1. The van der Waals surface area contributed by atoms with Crippen LogP contribution >= 0.6 is 0 Å². The highest BCUT2D eigenvalue weighted by molar-refractivity contribution is 5.92. The maximum Gasteiger partial charge on any atom is 0.270 e. The lowest BCUT2D eigenvalue weighted by Crippen LogP contribution is -2.48. The zero-order valence-corrected chi connectivity index (χ0v) is 15.1. The van der Waals surface area contributed by atoms with Crippen LogP contribution in [0.15, 0.2) is 36.5 Å². The zero-order chi connectivity index (χ0) is 18.5. The van der Waals surface area contributed by atoms with Gasteiger partial charge in [0.05, 0.1) is 0 Å². The maximum atomic E-state index is 12.4. The predicted octanol–water partition coefficient (Wildman–Crippen LogP) is 1.38.